The Labute approximate surface area is 199 Å². The molecule has 7 heteroatoms. The van der Waals surface area contributed by atoms with Gasteiger partial charge in [0.1, 0.15) is 36.2 Å². The van der Waals surface area contributed by atoms with Crippen molar-refractivity contribution in [3.05, 3.63) is 84.4 Å². The lowest BCUT2D eigenvalue weighted by atomic mass is 9.99. The fourth-order valence-corrected chi connectivity index (χ4v) is 3.49. The summed E-state index contributed by atoms with van der Waals surface area (Å²) >= 11 is 0. The summed E-state index contributed by atoms with van der Waals surface area (Å²) in [6.07, 6.45) is 0. The van der Waals surface area contributed by atoms with Crippen molar-refractivity contribution in [2.45, 2.75) is 18.6 Å². The van der Waals surface area contributed by atoms with E-state index in [-0.39, 0.29) is 5.92 Å². The van der Waals surface area contributed by atoms with Gasteiger partial charge in [-0.3, -0.25) is 0 Å². The van der Waals surface area contributed by atoms with Gasteiger partial charge < -0.3 is 28.4 Å². The molecule has 178 valence electrons. The van der Waals surface area contributed by atoms with Crippen molar-refractivity contribution in [1.29, 1.82) is 0 Å². The van der Waals surface area contributed by atoms with E-state index < -0.39 is 11.8 Å². The van der Waals surface area contributed by atoms with Gasteiger partial charge in [-0.05, 0) is 54.1 Å². The monoisotopic (exact) mass is 464 g/mol. The van der Waals surface area contributed by atoms with Crippen molar-refractivity contribution in [3.8, 4) is 23.0 Å². The first kappa shape index (κ1) is 23.6. The summed E-state index contributed by atoms with van der Waals surface area (Å²) in [5.41, 5.74) is 1.05. The molecule has 7 nitrogen and oxygen atoms in total. The number of ether oxygens (including phenoxy) is 6. The zero-order chi connectivity index (χ0) is 23.8. The van der Waals surface area contributed by atoms with Crippen LogP contribution in [0.2, 0.25) is 0 Å². The molecule has 1 saturated heterocycles. The molecule has 0 atom stereocenters. The number of hydrogen-bond acceptors (Lipinski definition) is 7. The molecule has 0 aliphatic carbocycles. The third-order valence-electron chi connectivity index (χ3n) is 5.45. The van der Waals surface area contributed by atoms with Gasteiger partial charge in [-0.25, -0.2) is 4.79 Å². The second-order valence-electron chi connectivity index (χ2n) is 7.91. The van der Waals surface area contributed by atoms with Crippen LogP contribution in [0.3, 0.4) is 0 Å². The molecule has 0 spiro atoms. The van der Waals surface area contributed by atoms with Crippen LogP contribution in [0, 0.1) is 0 Å². The summed E-state index contributed by atoms with van der Waals surface area (Å²) in [5.74, 6) is 1.19. The molecule has 3 aromatic carbocycles. The van der Waals surface area contributed by atoms with Crippen molar-refractivity contribution in [1.82, 2.24) is 0 Å². The number of methoxy groups -OCH3 is 1. The van der Waals surface area contributed by atoms with Crippen LogP contribution in [0.1, 0.15) is 18.4 Å². The first-order valence-electron chi connectivity index (χ1n) is 11.1. The molecule has 4 rings (SSSR count). The van der Waals surface area contributed by atoms with E-state index in [0.29, 0.717) is 26.4 Å². The fourth-order valence-electron chi connectivity index (χ4n) is 3.49. The standard InChI is InChI=1S/C27H28O7/c1-27(26(28)29-2)32-18-21(19-33-27)20-8-10-22(11-9-20)30-16-17-31-23-12-14-25(15-13-23)34-24-6-4-3-5-7-24/h3-15,21H,16-19H2,1-2H3/t21-,27+. The van der Waals surface area contributed by atoms with Gasteiger partial charge in [-0.2, -0.15) is 0 Å². The Bertz CT molecular complexity index is 1040. The molecule has 1 aliphatic rings. The smallest absolute Gasteiger partial charge is 0.366 e. The molecule has 0 saturated carbocycles. The van der Waals surface area contributed by atoms with Gasteiger partial charge in [0.25, 0.3) is 5.79 Å². The number of carbonyl (C=O) groups is 1. The summed E-state index contributed by atoms with van der Waals surface area (Å²) < 4.78 is 33.3. The Morgan fingerprint density at radius 3 is 1.85 bits per heavy atom. The van der Waals surface area contributed by atoms with E-state index in [2.05, 4.69) is 0 Å². The molecule has 1 aliphatic heterocycles. The Morgan fingerprint density at radius 2 is 1.29 bits per heavy atom. The van der Waals surface area contributed by atoms with Crippen molar-refractivity contribution in [2.24, 2.45) is 0 Å². The van der Waals surface area contributed by atoms with Crippen LogP contribution >= 0.6 is 0 Å². The van der Waals surface area contributed by atoms with Crippen LogP contribution in [0.25, 0.3) is 0 Å². The SMILES string of the molecule is COC(=O)[C@]1(C)OC[C@H](c2ccc(OCCOc3ccc(Oc4ccccc4)cc3)cc2)CO1. The van der Waals surface area contributed by atoms with Crippen molar-refractivity contribution in [2.75, 3.05) is 33.5 Å². The van der Waals surface area contributed by atoms with E-state index in [1.165, 1.54) is 7.11 Å². The number of carbonyl (C=O) groups excluding carboxylic acids is 1. The lowest BCUT2D eigenvalue weighted by Gasteiger charge is -2.35. The molecular weight excluding hydrogens is 436 g/mol. The molecule has 0 bridgehead atoms. The minimum absolute atomic E-state index is 0.0314. The van der Waals surface area contributed by atoms with Gasteiger partial charge in [0.15, 0.2) is 0 Å². The van der Waals surface area contributed by atoms with Gasteiger partial charge in [-0.1, -0.05) is 30.3 Å². The lowest BCUT2D eigenvalue weighted by molar-refractivity contribution is -0.264. The second kappa shape index (κ2) is 11.0. The second-order valence-corrected chi connectivity index (χ2v) is 7.91. The Kier molecular flexibility index (Phi) is 7.67. The third-order valence-corrected chi connectivity index (χ3v) is 5.45. The predicted octanol–water partition coefficient (Wildman–Crippen LogP) is 4.96. The Balaban J connectivity index is 1.18. The maximum Gasteiger partial charge on any atom is 0.366 e. The molecule has 0 amide bonds. The molecule has 3 aromatic rings. The van der Waals surface area contributed by atoms with Crippen molar-refractivity contribution >= 4 is 5.97 Å². The van der Waals surface area contributed by atoms with Gasteiger partial charge in [0, 0.05) is 12.8 Å². The topological polar surface area (TPSA) is 72.5 Å². The highest BCUT2D eigenvalue weighted by Gasteiger charge is 2.41. The van der Waals surface area contributed by atoms with E-state index in [1.54, 1.807) is 6.92 Å². The normalized spacial score (nSPS) is 19.8. The van der Waals surface area contributed by atoms with Gasteiger partial charge in [0.2, 0.25) is 0 Å². The van der Waals surface area contributed by atoms with E-state index in [0.717, 1.165) is 28.6 Å². The first-order valence-corrected chi connectivity index (χ1v) is 11.1. The van der Waals surface area contributed by atoms with Crippen molar-refractivity contribution in [3.63, 3.8) is 0 Å². The molecule has 0 N–H and O–H groups in total. The lowest BCUT2D eigenvalue weighted by Crippen LogP contribution is -2.47. The van der Waals surface area contributed by atoms with Crippen LogP contribution in [-0.2, 0) is 19.0 Å². The summed E-state index contributed by atoms with van der Waals surface area (Å²) in [4.78, 5) is 11.8. The first-order chi connectivity index (χ1) is 16.6. The molecular formula is C27H28O7. The van der Waals surface area contributed by atoms with Gasteiger partial charge >= 0.3 is 5.97 Å². The molecule has 0 radical (unpaired) electrons. The summed E-state index contributed by atoms with van der Waals surface area (Å²) in [6, 6.07) is 24.9. The highest BCUT2D eigenvalue weighted by Crippen LogP contribution is 2.29. The van der Waals surface area contributed by atoms with Crippen LogP contribution in [0.5, 0.6) is 23.0 Å². The van der Waals surface area contributed by atoms with E-state index in [9.17, 15) is 4.79 Å². The van der Waals surface area contributed by atoms with Crippen LogP contribution in [0.15, 0.2) is 78.9 Å². The summed E-state index contributed by atoms with van der Waals surface area (Å²) in [7, 11) is 1.31. The molecule has 0 aromatic heterocycles. The maximum absolute atomic E-state index is 11.8. The summed E-state index contributed by atoms with van der Waals surface area (Å²) in [6.45, 7) is 3.14. The average molecular weight is 465 g/mol. The zero-order valence-corrected chi connectivity index (χ0v) is 19.3. The number of hydrogen-bond donors (Lipinski definition) is 0. The highest BCUT2D eigenvalue weighted by molar-refractivity contribution is 5.77. The molecule has 1 heterocycles. The summed E-state index contributed by atoms with van der Waals surface area (Å²) in [5, 5.41) is 0. The number of para-hydroxylation sites is 1. The fraction of sp³-hybridized carbons (Fsp3) is 0.296. The minimum atomic E-state index is -1.34. The molecule has 1 fully saturated rings. The quantitative estimate of drug-likeness (QED) is 0.327. The van der Waals surface area contributed by atoms with E-state index in [1.807, 2.05) is 78.9 Å². The third kappa shape index (κ3) is 6.07. The highest BCUT2D eigenvalue weighted by atomic mass is 16.7. The Morgan fingerprint density at radius 1 is 0.794 bits per heavy atom. The number of rotatable bonds is 9. The zero-order valence-electron chi connectivity index (χ0n) is 19.3. The average Bonchev–Trinajstić information content (AvgIpc) is 2.88. The van der Waals surface area contributed by atoms with Crippen molar-refractivity contribution < 1.29 is 33.2 Å². The minimum Gasteiger partial charge on any atom is -0.490 e. The van der Waals surface area contributed by atoms with Crippen LogP contribution < -0.4 is 14.2 Å². The maximum atomic E-state index is 11.8. The van der Waals surface area contributed by atoms with E-state index >= 15 is 0 Å². The number of esters is 1. The van der Waals surface area contributed by atoms with E-state index in [4.69, 9.17) is 28.4 Å². The van der Waals surface area contributed by atoms with Crippen LogP contribution in [-0.4, -0.2) is 45.3 Å². The van der Waals surface area contributed by atoms with Gasteiger partial charge in [0.05, 0.1) is 20.3 Å². The van der Waals surface area contributed by atoms with Gasteiger partial charge in [-0.15, -0.1) is 0 Å². The molecule has 0 unspecified atom stereocenters. The Hall–Kier alpha value is -3.55. The van der Waals surface area contributed by atoms with Crippen LogP contribution in [0.4, 0.5) is 0 Å². The predicted molar refractivity (Wildman–Crippen MR) is 125 cm³/mol. The number of benzene rings is 3. The molecule has 34 heavy (non-hydrogen) atoms. The largest absolute Gasteiger partial charge is 0.490 e.